The zero-order valence-corrected chi connectivity index (χ0v) is 12.7. The molecule has 2 heterocycles. The molecule has 0 fully saturated rings. The van der Waals surface area contributed by atoms with E-state index in [2.05, 4.69) is 4.84 Å². The van der Waals surface area contributed by atoms with E-state index in [1.807, 2.05) is 0 Å². The van der Waals surface area contributed by atoms with Gasteiger partial charge < -0.3 is 15.1 Å². The molecule has 1 atom stereocenters. The van der Waals surface area contributed by atoms with E-state index in [0.29, 0.717) is 4.90 Å². The van der Waals surface area contributed by atoms with Gasteiger partial charge >= 0.3 is 5.97 Å². The van der Waals surface area contributed by atoms with Gasteiger partial charge in [0, 0.05) is 30.8 Å². The van der Waals surface area contributed by atoms with E-state index in [1.54, 1.807) is 0 Å². The standard InChI is InChI=1S/C12H12N2O9S/c15-8-1-2-9(16)13(8)6-5-7(24(20,21)22)12(19)23-14-10(17)3-4-11(14)18/h1-4,7,17-18H,5-6H2,(H,20,21,22). The molecule has 130 valence electrons. The van der Waals surface area contributed by atoms with Crippen LogP contribution in [0.1, 0.15) is 6.42 Å². The smallest absolute Gasteiger partial charge is 0.353 e. The molecule has 3 N–H and O–H groups in total. The molecule has 24 heavy (non-hydrogen) atoms. The molecular weight excluding hydrogens is 348 g/mol. The lowest BCUT2D eigenvalue weighted by Gasteiger charge is -2.17. The third-order valence-electron chi connectivity index (χ3n) is 3.12. The first-order valence-corrected chi connectivity index (χ1v) is 7.93. The molecule has 0 spiro atoms. The van der Waals surface area contributed by atoms with Crippen LogP contribution in [0.4, 0.5) is 0 Å². The van der Waals surface area contributed by atoms with E-state index < -0.39 is 57.9 Å². The molecule has 0 aromatic carbocycles. The molecular formula is C12H12N2O9S. The van der Waals surface area contributed by atoms with Crippen LogP contribution in [0.25, 0.3) is 0 Å². The molecule has 1 aromatic heterocycles. The Hall–Kier alpha value is -2.86. The maximum atomic E-state index is 11.9. The molecule has 12 heteroatoms. The highest BCUT2D eigenvalue weighted by atomic mass is 32.2. The van der Waals surface area contributed by atoms with E-state index in [4.69, 9.17) is 4.55 Å². The highest BCUT2D eigenvalue weighted by molar-refractivity contribution is 7.87. The van der Waals surface area contributed by atoms with Crippen LogP contribution >= 0.6 is 0 Å². The van der Waals surface area contributed by atoms with Gasteiger partial charge in [0.25, 0.3) is 21.9 Å². The zero-order chi connectivity index (χ0) is 18.1. The lowest BCUT2D eigenvalue weighted by molar-refractivity contribution is -0.146. The van der Waals surface area contributed by atoms with Crippen molar-refractivity contribution in [2.75, 3.05) is 6.54 Å². The van der Waals surface area contributed by atoms with Gasteiger partial charge in [0.15, 0.2) is 5.25 Å². The summed E-state index contributed by atoms with van der Waals surface area (Å²) in [6.45, 7) is -0.464. The first-order chi connectivity index (χ1) is 11.1. The summed E-state index contributed by atoms with van der Waals surface area (Å²) in [4.78, 5) is 39.9. The van der Waals surface area contributed by atoms with E-state index in [0.717, 1.165) is 24.3 Å². The average Bonchev–Trinajstić information content (AvgIpc) is 2.95. The van der Waals surface area contributed by atoms with Gasteiger partial charge in [0.05, 0.1) is 0 Å². The third kappa shape index (κ3) is 3.55. The van der Waals surface area contributed by atoms with Gasteiger partial charge in [-0.2, -0.15) is 8.42 Å². The molecule has 0 aliphatic carbocycles. The van der Waals surface area contributed by atoms with Crippen molar-refractivity contribution in [3.8, 4) is 11.8 Å². The van der Waals surface area contributed by atoms with Crippen molar-refractivity contribution >= 4 is 27.9 Å². The topological polar surface area (TPSA) is 163 Å². The molecule has 1 aliphatic heterocycles. The summed E-state index contributed by atoms with van der Waals surface area (Å²) < 4.78 is 32.1. The summed E-state index contributed by atoms with van der Waals surface area (Å²) in [6, 6.07) is 1.94. The summed E-state index contributed by atoms with van der Waals surface area (Å²) >= 11 is 0. The quantitative estimate of drug-likeness (QED) is 0.401. The minimum absolute atomic E-state index is 0.244. The van der Waals surface area contributed by atoms with Gasteiger partial charge in [0.2, 0.25) is 11.8 Å². The highest BCUT2D eigenvalue weighted by Gasteiger charge is 2.36. The summed E-state index contributed by atoms with van der Waals surface area (Å²) in [7, 11) is -4.94. The van der Waals surface area contributed by atoms with E-state index in [1.165, 1.54) is 0 Å². The Morgan fingerprint density at radius 1 is 1.12 bits per heavy atom. The molecule has 0 radical (unpaired) electrons. The molecule has 0 bridgehead atoms. The van der Waals surface area contributed by atoms with Crippen molar-refractivity contribution in [3.05, 3.63) is 24.3 Å². The normalized spacial score (nSPS) is 15.8. The van der Waals surface area contributed by atoms with Crippen LogP contribution in [0, 0.1) is 0 Å². The number of aromatic nitrogens is 1. The van der Waals surface area contributed by atoms with Gasteiger partial charge in [-0.25, -0.2) is 4.79 Å². The lowest BCUT2D eigenvalue weighted by atomic mass is 10.3. The van der Waals surface area contributed by atoms with Crippen molar-refractivity contribution in [2.24, 2.45) is 0 Å². The summed E-state index contributed by atoms with van der Waals surface area (Å²) in [5.41, 5.74) is 0. The molecule has 1 aliphatic rings. The lowest BCUT2D eigenvalue weighted by Crippen LogP contribution is -2.41. The predicted octanol–water partition coefficient (Wildman–Crippen LogP) is -1.57. The third-order valence-corrected chi connectivity index (χ3v) is 4.26. The monoisotopic (exact) mass is 360 g/mol. The number of carbonyl (C=O) groups is 3. The Morgan fingerprint density at radius 2 is 1.62 bits per heavy atom. The fourth-order valence-electron chi connectivity index (χ4n) is 1.93. The predicted molar refractivity (Wildman–Crippen MR) is 75.2 cm³/mol. The molecule has 0 saturated carbocycles. The average molecular weight is 360 g/mol. The van der Waals surface area contributed by atoms with Crippen LogP contribution in [-0.2, 0) is 24.5 Å². The maximum Gasteiger partial charge on any atom is 0.353 e. The van der Waals surface area contributed by atoms with Gasteiger partial charge in [-0.1, -0.05) is 0 Å². The Balaban J connectivity index is 2.13. The second-order valence-electron chi connectivity index (χ2n) is 4.71. The van der Waals surface area contributed by atoms with Crippen molar-refractivity contribution in [3.63, 3.8) is 0 Å². The number of amides is 2. The van der Waals surface area contributed by atoms with Crippen molar-refractivity contribution in [2.45, 2.75) is 11.7 Å². The van der Waals surface area contributed by atoms with Crippen molar-refractivity contribution in [1.82, 2.24) is 9.63 Å². The van der Waals surface area contributed by atoms with Gasteiger partial charge in [-0.3, -0.25) is 19.0 Å². The maximum absolute atomic E-state index is 11.9. The fourth-order valence-corrected chi connectivity index (χ4v) is 2.62. The van der Waals surface area contributed by atoms with Crippen LogP contribution in [-0.4, -0.2) is 62.4 Å². The first kappa shape index (κ1) is 17.5. The van der Waals surface area contributed by atoms with E-state index in [9.17, 15) is 33.0 Å². The first-order valence-electron chi connectivity index (χ1n) is 6.43. The number of carbonyl (C=O) groups excluding carboxylic acids is 3. The van der Waals surface area contributed by atoms with Crippen molar-refractivity contribution in [1.29, 1.82) is 0 Å². The molecule has 2 rings (SSSR count). The summed E-state index contributed by atoms with van der Waals surface area (Å²) in [5.74, 6) is -4.29. The SMILES string of the molecule is O=C(On1c(O)ccc1O)C(CCN1C(=O)C=CC1=O)S(=O)(=O)O. The second kappa shape index (κ2) is 6.33. The number of hydrogen-bond acceptors (Lipinski definition) is 8. The highest BCUT2D eigenvalue weighted by Crippen LogP contribution is 2.20. The van der Waals surface area contributed by atoms with Gasteiger partial charge in [0.1, 0.15) is 0 Å². The molecule has 2 amide bonds. The van der Waals surface area contributed by atoms with E-state index in [-0.39, 0.29) is 4.73 Å². The Bertz CT molecular complexity index is 786. The zero-order valence-electron chi connectivity index (χ0n) is 11.9. The molecule has 0 saturated heterocycles. The number of nitrogens with zero attached hydrogens (tertiary/aromatic N) is 2. The fraction of sp³-hybridized carbons (Fsp3) is 0.250. The van der Waals surface area contributed by atoms with Crippen molar-refractivity contribution < 1.29 is 42.4 Å². The van der Waals surface area contributed by atoms with Gasteiger partial charge in [-0.05, 0) is 6.42 Å². The number of aromatic hydroxyl groups is 2. The summed E-state index contributed by atoms with van der Waals surface area (Å²) in [6.07, 6.45) is 1.30. The Morgan fingerprint density at radius 3 is 2.08 bits per heavy atom. The minimum Gasteiger partial charge on any atom is -0.492 e. The Labute approximate surface area is 135 Å². The van der Waals surface area contributed by atoms with Crippen LogP contribution < -0.4 is 4.84 Å². The van der Waals surface area contributed by atoms with Gasteiger partial charge in [-0.15, -0.1) is 4.73 Å². The largest absolute Gasteiger partial charge is 0.492 e. The van der Waals surface area contributed by atoms with Crippen LogP contribution in [0.5, 0.6) is 11.8 Å². The number of rotatable bonds is 6. The molecule has 11 nitrogen and oxygen atoms in total. The van der Waals surface area contributed by atoms with Crippen LogP contribution in [0.2, 0.25) is 0 Å². The van der Waals surface area contributed by atoms with Crippen LogP contribution in [0.15, 0.2) is 24.3 Å². The minimum atomic E-state index is -4.94. The number of imide groups is 1. The summed E-state index contributed by atoms with van der Waals surface area (Å²) in [5, 5.41) is 16.6. The second-order valence-corrected chi connectivity index (χ2v) is 6.31. The van der Waals surface area contributed by atoms with Crippen LogP contribution in [0.3, 0.4) is 0 Å². The number of hydrogen-bond donors (Lipinski definition) is 3. The molecule has 1 aromatic rings. The Kier molecular flexibility index (Phi) is 4.61. The molecule has 1 unspecified atom stereocenters. The van der Waals surface area contributed by atoms with E-state index >= 15 is 0 Å².